The van der Waals surface area contributed by atoms with Crippen LogP contribution in [0.15, 0.2) is 29.1 Å². The number of pyridine rings is 2. The normalized spacial score (nSPS) is 21.2. The molecule has 1 aromatic carbocycles. The van der Waals surface area contributed by atoms with E-state index in [0.29, 0.717) is 29.9 Å². The maximum atomic E-state index is 13.6. The molecule has 0 spiro atoms. The van der Waals surface area contributed by atoms with Gasteiger partial charge in [0.25, 0.3) is 5.56 Å². The minimum Gasteiger partial charge on any atom is -0.508 e. The first-order valence-corrected chi connectivity index (χ1v) is 10.8. The third kappa shape index (κ3) is 2.59. The number of phenolic OH excluding ortho intramolecular Hbond substituents is 1. The van der Waals surface area contributed by atoms with Gasteiger partial charge in [-0.25, -0.2) is 9.78 Å². The average molecular weight is 436 g/mol. The molecule has 0 radical (unpaired) electrons. The second-order valence-corrected chi connectivity index (χ2v) is 8.10. The minimum absolute atomic E-state index is 0.0775. The predicted octanol–water partition coefficient (Wildman–Crippen LogP) is 2.88. The molecule has 2 N–H and O–H groups in total. The molecule has 1 unspecified atom stereocenters. The number of cyclic esters (lactones) is 1. The summed E-state index contributed by atoms with van der Waals surface area (Å²) in [6.07, 6.45) is 0.00942. The standard InChI is InChI=1S/C24H24N2O6/c1-4-13-14-9-12(27)7-8-17(14)25-20-18-10-16-15(11-32-23(29)24(16,30)5-2)21(28)26(18)22(19(13)20)31-6-3/h7-10,22,27,30H,4-6,11H2,1-3H3/t22?,24-/m0/s1. The van der Waals surface area contributed by atoms with Crippen molar-refractivity contribution in [2.75, 3.05) is 6.61 Å². The highest BCUT2D eigenvalue weighted by Gasteiger charge is 2.46. The van der Waals surface area contributed by atoms with Crippen LogP contribution in [0.3, 0.4) is 0 Å². The van der Waals surface area contributed by atoms with Crippen molar-refractivity contribution < 1.29 is 24.5 Å². The van der Waals surface area contributed by atoms with Crippen LogP contribution in [0.1, 0.15) is 55.7 Å². The van der Waals surface area contributed by atoms with Gasteiger partial charge in [-0.3, -0.25) is 9.36 Å². The number of ether oxygens (including phenoxy) is 2. The Kier molecular flexibility index (Phi) is 4.61. The Balaban J connectivity index is 1.89. The van der Waals surface area contributed by atoms with E-state index in [0.717, 1.165) is 16.5 Å². The summed E-state index contributed by atoms with van der Waals surface area (Å²) in [5.74, 6) is -0.624. The second kappa shape index (κ2) is 7.15. The highest BCUT2D eigenvalue weighted by atomic mass is 16.6. The number of carbonyl (C=O) groups excluding carboxylic acids is 1. The van der Waals surface area contributed by atoms with Gasteiger partial charge in [0, 0.05) is 23.1 Å². The fraction of sp³-hybridized carbons (Fsp3) is 0.375. The second-order valence-electron chi connectivity index (χ2n) is 8.10. The van der Waals surface area contributed by atoms with Gasteiger partial charge in [-0.05, 0) is 49.6 Å². The van der Waals surface area contributed by atoms with E-state index in [4.69, 9.17) is 14.5 Å². The fourth-order valence-electron chi connectivity index (χ4n) is 4.91. The molecule has 0 saturated heterocycles. The number of nitrogens with zero attached hydrogens (tertiary/aromatic N) is 2. The molecule has 2 aliphatic rings. The van der Waals surface area contributed by atoms with Gasteiger partial charge in [0.15, 0.2) is 11.8 Å². The molecule has 4 heterocycles. The lowest BCUT2D eigenvalue weighted by atomic mass is 9.86. The zero-order valence-corrected chi connectivity index (χ0v) is 18.1. The van der Waals surface area contributed by atoms with Gasteiger partial charge in [-0.2, -0.15) is 0 Å². The largest absolute Gasteiger partial charge is 0.508 e. The molecule has 8 nitrogen and oxygen atoms in total. The van der Waals surface area contributed by atoms with E-state index in [9.17, 15) is 19.8 Å². The molecule has 0 fully saturated rings. The molecule has 0 bridgehead atoms. The molecule has 5 rings (SSSR count). The van der Waals surface area contributed by atoms with Crippen molar-refractivity contribution in [3.63, 3.8) is 0 Å². The van der Waals surface area contributed by atoms with Crippen LogP contribution < -0.4 is 5.56 Å². The molecule has 2 aliphatic heterocycles. The molecular weight excluding hydrogens is 412 g/mol. The van der Waals surface area contributed by atoms with Crippen molar-refractivity contribution in [2.45, 2.75) is 52.0 Å². The van der Waals surface area contributed by atoms with E-state index in [1.807, 2.05) is 13.8 Å². The number of aromatic hydroxyl groups is 1. The number of phenols is 1. The number of hydrogen-bond donors (Lipinski definition) is 2. The average Bonchev–Trinajstić information content (AvgIpc) is 3.09. The summed E-state index contributed by atoms with van der Waals surface area (Å²) in [5.41, 5.74) is 1.70. The number of hydrogen-bond acceptors (Lipinski definition) is 7. The molecule has 2 aromatic heterocycles. The van der Waals surface area contributed by atoms with Crippen LogP contribution in [0.25, 0.3) is 22.3 Å². The maximum Gasteiger partial charge on any atom is 0.343 e. The van der Waals surface area contributed by atoms with Gasteiger partial charge in [-0.1, -0.05) is 13.8 Å². The molecule has 0 aliphatic carbocycles. The Morgan fingerprint density at radius 3 is 2.72 bits per heavy atom. The summed E-state index contributed by atoms with van der Waals surface area (Å²) in [6.45, 7) is 5.69. The number of aromatic nitrogens is 2. The lowest BCUT2D eigenvalue weighted by Crippen LogP contribution is -2.44. The molecule has 32 heavy (non-hydrogen) atoms. The first kappa shape index (κ1) is 20.7. The van der Waals surface area contributed by atoms with Crippen molar-refractivity contribution in [1.82, 2.24) is 9.55 Å². The lowest BCUT2D eigenvalue weighted by Gasteiger charge is -2.32. The van der Waals surface area contributed by atoms with Crippen LogP contribution in [0.2, 0.25) is 0 Å². The summed E-state index contributed by atoms with van der Waals surface area (Å²) in [7, 11) is 0. The minimum atomic E-state index is -1.89. The van der Waals surface area contributed by atoms with E-state index >= 15 is 0 Å². The van der Waals surface area contributed by atoms with Crippen LogP contribution in [0.4, 0.5) is 0 Å². The summed E-state index contributed by atoms with van der Waals surface area (Å²) in [5, 5.41) is 21.9. The van der Waals surface area contributed by atoms with Gasteiger partial charge in [-0.15, -0.1) is 0 Å². The Morgan fingerprint density at radius 2 is 2.03 bits per heavy atom. The maximum absolute atomic E-state index is 13.6. The summed E-state index contributed by atoms with van der Waals surface area (Å²) in [4.78, 5) is 30.8. The van der Waals surface area contributed by atoms with Crippen LogP contribution in [0.5, 0.6) is 5.75 Å². The third-order valence-corrected chi connectivity index (χ3v) is 6.51. The molecule has 0 saturated carbocycles. The SMILES string of the molecule is CCOC1c2c(nc3ccc(O)cc3c2CC)-c2cc3c(c(=O)n21)COC(=O)[C@]3(O)CC. The highest BCUT2D eigenvalue weighted by molar-refractivity contribution is 5.90. The van der Waals surface area contributed by atoms with Crippen molar-refractivity contribution in [1.29, 1.82) is 0 Å². The van der Waals surface area contributed by atoms with E-state index in [1.54, 1.807) is 31.2 Å². The Bertz CT molecular complexity index is 1340. The number of benzene rings is 1. The van der Waals surface area contributed by atoms with Gasteiger partial charge in [0.2, 0.25) is 0 Å². The van der Waals surface area contributed by atoms with E-state index in [1.165, 1.54) is 4.57 Å². The number of aliphatic hydroxyl groups is 1. The first-order valence-electron chi connectivity index (χ1n) is 10.8. The van der Waals surface area contributed by atoms with Crippen molar-refractivity contribution >= 4 is 16.9 Å². The number of esters is 1. The molecule has 0 amide bonds. The topological polar surface area (TPSA) is 111 Å². The Labute approximate surface area is 184 Å². The van der Waals surface area contributed by atoms with E-state index < -0.39 is 17.8 Å². The number of carbonyl (C=O) groups is 1. The molecule has 166 valence electrons. The summed E-state index contributed by atoms with van der Waals surface area (Å²) >= 11 is 0. The van der Waals surface area contributed by atoms with Gasteiger partial charge < -0.3 is 19.7 Å². The Morgan fingerprint density at radius 1 is 1.25 bits per heavy atom. The lowest BCUT2D eigenvalue weighted by molar-refractivity contribution is -0.172. The zero-order chi connectivity index (χ0) is 22.8. The van der Waals surface area contributed by atoms with Crippen LogP contribution in [-0.4, -0.2) is 32.3 Å². The van der Waals surface area contributed by atoms with Gasteiger partial charge >= 0.3 is 5.97 Å². The number of aryl methyl sites for hydroxylation is 1. The van der Waals surface area contributed by atoms with Crippen LogP contribution in [-0.2, 0) is 32.9 Å². The summed E-state index contributed by atoms with van der Waals surface area (Å²) < 4.78 is 12.7. The zero-order valence-electron chi connectivity index (χ0n) is 18.1. The molecule has 8 heteroatoms. The van der Waals surface area contributed by atoms with Crippen LogP contribution >= 0.6 is 0 Å². The number of rotatable bonds is 4. The third-order valence-electron chi connectivity index (χ3n) is 6.51. The van der Waals surface area contributed by atoms with Gasteiger partial charge in [0.05, 0.1) is 22.5 Å². The molecule has 2 atom stereocenters. The Hall–Kier alpha value is -3.23. The quantitative estimate of drug-likeness (QED) is 0.605. The summed E-state index contributed by atoms with van der Waals surface area (Å²) in [6, 6.07) is 6.65. The van der Waals surface area contributed by atoms with Crippen molar-refractivity contribution in [2.24, 2.45) is 0 Å². The monoisotopic (exact) mass is 436 g/mol. The highest BCUT2D eigenvalue weighted by Crippen LogP contribution is 2.45. The van der Waals surface area contributed by atoms with Crippen molar-refractivity contribution in [3.05, 3.63) is 56.9 Å². The van der Waals surface area contributed by atoms with Gasteiger partial charge in [0.1, 0.15) is 12.4 Å². The van der Waals surface area contributed by atoms with Crippen molar-refractivity contribution in [3.8, 4) is 17.1 Å². The number of fused-ring (bicyclic) bond motifs is 5. The molecular formula is C24H24N2O6. The van der Waals surface area contributed by atoms with Crippen LogP contribution in [0, 0.1) is 0 Å². The molecule has 3 aromatic rings. The van der Waals surface area contributed by atoms with E-state index in [-0.39, 0.29) is 35.5 Å². The van der Waals surface area contributed by atoms with E-state index in [2.05, 4.69) is 0 Å². The fourth-order valence-corrected chi connectivity index (χ4v) is 4.91. The first-order chi connectivity index (χ1) is 15.3. The smallest absolute Gasteiger partial charge is 0.343 e. The predicted molar refractivity (Wildman–Crippen MR) is 116 cm³/mol.